The Morgan fingerprint density at radius 2 is 1.71 bits per heavy atom. The lowest BCUT2D eigenvalue weighted by Crippen LogP contribution is -2.50. The summed E-state index contributed by atoms with van der Waals surface area (Å²) in [6.45, 7) is 2.12. The molecule has 0 aliphatic carbocycles. The van der Waals surface area contributed by atoms with Crippen LogP contribution in [0.4, 0.5) is 20.8 Å². The van der Waals surface area contributed by atoms with Gasteiger partial charge in [0.1, 0.15) is 29.3 Å². The number of pyridine rings is 1. The quantitative estimate of drug-likeness (QED) is 0.269. The number of nitrogen functional groups attached to an aromatic ring is 1. The SMILES string of the molecule is Nc1ncnc2c1c(-c1ccc(Oc3ccccc3)cc1)nn2C1CCN(Cc2cnc(N3CCC(=O)NC3=O)c(F)c2)CC1. The van der Waals surface area contributed by atoms with Crippen molar-refractivity contribution in [1.82, 2.24) is 34.9 Å². The zero-order valence-electron chi connectivity index (χ0n) is 24.3. The van der Waals surface area contributed by atoms with E-state index in [1.807, 2.05) is 59.3 Å². The number of aromatic nitrogens is 5. The molecule has 3 aromatic heterocycles. The molecule has 5 heterocycles. The van der Waals surface area contributed by atoms with Gasteiger partial charge in [0, 0.05) is 44.4 Å². The summed E-state index contributed by atoms with van der Waals surface area (Å²) in [6, 6.07) is 18.1. The van der Waals surface area contributed by atoms with Gasteiger partial charge >= 0.3 is 6.03 Å². The number of nitrogens with two attached hydrogens (primary N) is 1. The van der Waals surface area contributed by atoms with E-state index in [1.54, 1.807) is 6.20 Å². The molecule has 0 atom stereocenters. The fourth-order valence-corrected chi connectivity index (χ4v) is 5.86. The average Bonchev–Trinajstić information content (AvgIpc) is 3.44. The van der Waals surface area contributed by atoms with E-state index in [2.05, 4.69) is 25.2 Å². The van der Waals surface area contributed by atoms with Crippen molar-refractivity contribution in [2.45, 2.75) is 31.8 Å². The molecule has 0 spiro atoms. The number of halogens is 1. The summed E-state index contributed by atoms with van der Waals surface area (Å²) < 4.78 is 22.9. The van der Waals surface area contributed by atoms with Crippen molar-refractivity contribution < 1.29 is 18.7 Å². The Kier molecular flexibility index (Phi) is 7.51. The second-order valence-electron chi connectivity index (χ2n) is 11.1. The Morgan fingerprint density at radius 1 is 0.956 bits per heavy atom. The number of imide groups is 1. The molecule has 228 valence electrons. The minimum absolute atomic E-state index is 0.0801. The largest absolute Gasteiger partial charge is 0.457 e. The van der Waals surface area contributed by atoms with Crippen LogP contribution < -0.4 is 20.7 Å². The summed E-state index contributed by atoms with van der Waals surface area (Å²) in [5.41, 5.74) is 9.33. The molecule has 12 nitrogen and oxygen atoms in total. The third-order valence-corrected chi connectivity index (χ3v) is 8.12. The molecule has 3 N–H and O–H groups in total. The predicted molar refractivity (Wildman–Crippen MR) is 165 cm³/mol. The number of benzene rings is 2. The van der Waals surface area contributed by atoms with Crippen LogP contribution in [0.3, 0.4) is 0 Å². The maximum atomic E-state index is 15.0. The van der Waals surface area contributed by atoms with Crippen LogP contribution in [0.1, 0.15) is 30.9 Å². The lowest BCUT2D eigenvalue weighted by molar-refractivity contribution is -0.120. The summed E-state index contributed by atoms with van der Waals surface area (Å²) in [5, 5.41) is 7.91. The van der Waals surface area contributed by atoms with E-state index in [4.69, 9.17) is 15.6 Å². The predicted octanol–water partition coefficient (Wildman–Crippen LogP) is 4.69. The summed E-state index contributed by atoms with van der Waals surface area (Å²) >= 11 is 0. The molecule has 0 unspecified atom stereocenters. The Labute approximate surface area is 257 Å². The number of anilines is 2. The van der Waals surface area contributed by atoms with Crippen molar-refractivity contribution in [1.29, 1.82) is 0 Å². The minimum atomic E-state index is -0.664. The highest BCUT2D eigenvalue weighted by Gasteiger charge is 2.29. The molecule has 13 heteroatoms. The van der Waals surface area contributed by atoms with Crippen molar-refractivity contribution in [3.8, 4) is 22.8 Å². The molecule has 2 saturated heterocycles. The number of carbonyl (C=O) groups excluding carboxylic acids is 2. The number of amides is 3. The molecule has 7 rings (SSSR count). The smallest absolute Gasteiger partial charge is 0.329 e. The molecule has 0 radical (unpaired) electrons. The Bertz CT molecular complexity index is 1870. The van der Waals surface area contributed by atoms with Crippen molar-refractivity contribution >= 4 is 34.6 Å². The number of likely N-dealkylation sites (tertiary alicyclic amines) is 1. The topological polar surface area (TPSA) is 144 Å². The highest BCUT2D eigenvalue weighted by atomic mass is 19.1. The summed E-state index contributed by atoms with van der Waals surface area (Å²) in [7, 11) is 0. The number of carbonyl (C=O) groups is 2. The number of nitrogens with zero attached hydrogens (tertiary/aromatic N) is 7. The van der Waals surface area contributed by atoms with Gasteiger partial charge in [-0.2, -0.15) is 5.10 Å². The number of urea groups is 1. The van der Waals surface area contributed by atoms with E-state index in [9.17, 15) is 14.0 Å². The normalized spacial score (nSPS) is 16.2. The minimum Gasteiger partial charge on any atom is -0.457 e. The number of ether oxygens (including phenoxy) is 1. The number of rotatable bonds is 7. The summed E-state index contributed by atoms with van der Waals surface area (Å²) in [5.74, 6) is 0.782. The van der Waals surface area contributed by atoms with Gasteiger partial charge in [0.2, 0.25) is 5.91 Å². The van der Waals surface area contributed by atoms with Crippen LogP contribution >= 0.6 is 0 Å². The fourth-order valence-electron chi connectivity index (χ4n) is 5.86. The number of hydrogen-bond donors (Lipinski definition) is 2. The van der Waals surface area contributed by atoms with Crippen molar-refractivity contribution in [2.24, 2.45) is 0 Å². The standard InChI is InChI=1S/C32H30FN9O3/c33-25-16-20(17-35-30(25)41-15-12-26(43)38-32(41)44)18-40-13-10-22(11-14-40)42-31-27(29(34)36-19-37-31)28(39-42)21-6-8-24(9-7-21)45-23-4-2-1-3-5-23/h1-9,16-17,19,22H,10-15,18H2,(H2,34,36,37)(H,38,43,44). The number of fused-ring (bicyclic) bond motifs is 1. The van der Waals surface area contributed by atoms with Gasteiger partial charge in [-0.15, -0.1) is 0 Å². The molecule has 2 aromatic carbocycles. The van der Waals surface area contributed by atoms with Gasteiger partial charge in [-0.3, -0.25) is 19.9 Å². The second-order valence-corrected chi connectivity index (χ2v) is 11.1. The first-order valence-corrected chi connectivity index (χ1v) is 14.7. The van der Waals surface area contributed by atoms with Crippen LogP contribution in [0.25, 0.3) is 22.3 Å². The van der Waals surface area contributed by atoms with Gasteiger partial charge in [0.05, 0.1) is 11.4 Å². The molecule has 0 bridgehead atoms. The first kappa shape index (κ1) is 28.3. The average molecular weight is 608 g/mol. The van der Waals surface area contributed by atoms with Crippen LogP contribution in [0.5, 0.6) is 11.5 Å². The van der Waals surface area contributed by atoms with E-state index >= 15 is 0 Å². The van der Waals surface area contributed by atoms with Gasteiger partial charge in [-0.25, -0.2) is 28.8 Å². The molecule has 2 aliphatic rings. The van der Waals surface area contributed by atoms with E-state index in [0.717, 1.165) is 42.1 Å². The summed E-state index contributed by atoms with van der Waals surface area (Å²) in [4.78, 5) is 39.9. The van der Waals surface area contributed by atoms with Gasteiger partial charge in [0.25, 0.3) is 0 Å². The lowest BCUT2D eigenvalue weighted by Gasteiger charge is -2.32. The maximum absolute atomic E-state index is 15.0. The third kappa shape index (κ3) is 5.77. The molecular weight excluding hydrogens is 577 g/mol. The molecule has 3 amide bonds. The Morgan fingerprint density at radius 3 is 2.44 bits per heavy atom. The van der Waals surface area contributed by atoms with E-state index in [0.29, 0.717) is 40.4 Å². The Hall–Kier alpha value is -5.43. The van der Waals surface area contributed by atoms with E-state index in [-0.39, 0.29) is 30.7 Å². The molecular formula is C32H30FN9O3. The number of piperidine rings is 1. The highest BCUT2D eigenvalue weighted by molar-refractivity contribution is 6.05. The van der Waals surface area contributed by atoms with Crippen molar-refractivity contribution in [3.05, 3.63) is 84.6 Å². The lowest BCUT2D eigenvalue weighted by atomic mass is 10.0. The number of para-hydroxylation sites is 1. The molecule has 2 fully saturated rings. The van der Waals surface area contributed by atoms with Crippen LogP contribution in [0.2, 0.25) is 0 Å². The summed E-state index contributed by atoms with van der Waals surface area (Å²) in [6.07, 6.45) is 4.75. The first-order valence-electron chi connectivity index (χ1n) is 14.7. The van der Waals surface area contributed by atoms with Crippen LogP contribution in [-0.2, 0) is 11.3 Å². The maximum Gasteiger partial charge on any atom is 0.329 e. The van der Waals surface area contributed by atoms with Crippen LogP contribution in [0.15, 0.2) is 73.2 Å². The monoisotopic (exact) mass is 607 g/mol. The van der Waals surface area contributed by atoms with E-state index < -0.39 is 11.8 Å². The molecule has 0 saturated carbocycles. The van der Waals surface area contributed by atoms with Crippen molar-refractivity contribution in [3.63, 3.8) is 0 Å². The number of nitrogens with one attached hydrogen (secondary N) is 1. The molecule has 45 heavy (non-hydrogen) atoms. The van der Waals surface area contributed by atoms with Gasteiger partial charge in [0.15, 0.2) is 17.3 Å². The molecule has 2 aliphatic heterocycles. The van der Waals surface area contributed by atoms with E-state index in [1.165, 1.54) is 12.4 Å². The van der Waals surface area contributed by atoms with Gasteiger partial charge < -0.3 is 10.5 Å². The van der Waals surface area contributed by atoms with Gasteiger partial charge in [-0.05, 0) is 60.9 Å². The zero-order valence-corrected chi connectivity index (χ0v) is 24.3. The zero-order chi connectivity index (χ0) is 30.9. The highest BCUT2D eigenvalue weighted by Crippen LogP contribution is 2.35. The van der Waals surface area contributed by atoms with Crippen LogP contribution in [0, 0.1) is 5.82 Å². The third-order valence-electron chi connectivity index (χ3n) is 8.12. The second kappa shape index (κ2) is 11.9. The van der Waals surface area contributed by atoms with Crippen molar-refractivity contribution in [2.75, 3.05) is 30.3 Å². The molecule has 5 aromatic rings. The number of hydrogen-bond acceptors (Lipinski definition) is 9. The van der Waals surface area contributed by atoms with Crippen LogP contribution in [-0.4, -0.2) is 61.2 Å². The van der Waals surface area contributed by atoms with Gasteiger partial charge in [-0.1, -0.05) is 18.2 Å². The Balaban J connectivity index is 1.05. The fraction of sp³-hybridized carbons (Fsp3) is 0.250. The first-order chi connectivity index (χ1) is 21.9.